The Balaban J connectivity index is 1.13. The Morgan fingerprint density at radius 3 is 1.94 bits per heavy atom. The van der Waals surface area contributed by atoms with Gasteiger partial charge >= 0.3 is 0 Å². The van der Waals surface area contributed by atoms with Crippen LogP contribution in [0.1, 0.15) is 0 Å². The molecule has 0 saturated heterocycles. The first-order valence-electron chi connectivity index (χ1n) is 18.2. The number of hydrogen-bond donors (Lipinski definition) is 0. The molecule has 0 fully saturated rings. The zero-order valence-corrected chi connectivity index (χ0v) is 29.7. The van der Waals surface area contributed by atoms with Crippen LogP contribution in [0.3, 0.4) is 0 Å². The summed E-state index contributed by atoms with van der Waals surface area (Å²) in [7, 11) is 0. The van der Waals surface area contributed by atoms with E-state index in [1.165, 1.54) is 63.6 Å². The van der Waals surface area contributed by atoms with Crippen LogP contribution >= 0.6 is 11.3 Å². The molecule has 0 aliphatic carbocycles. The molecule has 0 bridgehead atoms. The van der Waals surface area contributed by atoms with E-state index in [-0.39, 0.29) is 0 Å². The number of hydrogen-bond acceptors (Lipinski definition) is 4. The van der Waals surface area contributed by atoms with Gasteiger partial charge in [0.25, 0.3) is 0 Å². The number of nitrogens with zero attached hydrogens (tertiary/aromatic N) is 4. The fraction of sp³-hybridized carbons (Fsp3) is 0. The van der Waals surface area contributed by atoms with E-state index in [1.54, 1.807) is 0 Å². The molecular formula is C49H28N4S. The van der Waals surface area contributed by atoms with Crippen molar-refractivity contribution in [2.75, 3.05) is 0 Å². The average molecular weight is 705 g/mol. The first-order valence-corrected chi connectivity index (χ1v) is 19.0. The van der Waals surface area contributed by atoms with Crippen LogP contribution in [0, 0.1) is 0 Å². The average Bonchev–Trinajstić information content (AvgIpc) is 3.79. The van der Waals surface area contributed by atoms with Crippen LogP contribution in [0.2, 0.25) is 0 Å². The van der Waals surface area contributed by atoms with Crippen molar-refractivity contribution < 1.29 is 0 Å². The summed E-state index contributed by atoms with van der Waals surface area (Å²) in [5.41, 5.74) is 8.06. The fourth-order valence-corrected chi connectivity index (χ4v) is 9.89. The van der Waals surface area contributed by atoms with Gasteiger partial charge in [-0.05, 0) is 79.8 Å². The monoisotopic (exact) mass is 704 g/mol. The van der Waals surface area contributed by atoms with Gasteiger partial charge in [0.05, 0.1) is 16.6 Å². The highest BCUT2D eigenvalue weighted by Crippen LogP contribution is 2.44. The van der Waals surface area contributed by atoms with Crippen molar-refractivity contribution in [2.24, 2.45) is 0 Å². The van der Waals surface area contributed by atoms with E-state index in [1.807, 2.05) is 29.7 Å². The number of thiophene rings is 1. The molecule has 4 aromatic heterocycles. The quantitative estimate of drug-likeness (QED) is 0.184. The number of rotatable bonds is 3. The first kappa shape index (κ1) is 29.6. The van der Waals surface area contributed by atoms with Crippen molar-refractivity contribution in [3.05, 3.63) is 170 Å². The van der Waals surface area contributed by atoms with Crippen molar-refractivity contribution in [1.82, 2.24) is 19.5 Å². The van der Waals surface area contributed by atoms with Gasteiger partial charge in [-0.2, -0.15) is 0 Å². The highest BCUT2D eigenvalue weighted by Gasteiger charge is 2.21. The first-order chi connectivity index (χ1) is 26.8. The number of fused-ring (bicyclic) bond motifs is 12. The Kier molecular flexibility index (Phi) is 6.18. The fourth-order valence-electron chi connectivity index (χ4n) is 8.77. The van der Waals surface area contributed by atoms with Crippen molar-refractivity contribution in [3.63, 3.8) is 0 Å². The van der Waals surface area contributed by atoms with E-state index >= 15 is 0 Å². The maximum Gasteiger partial charge on any atom is 0.235 e. The molecule has 8 aromatic carbocycles. The molecule has 12 aromatic rings. The van der Waals surface area contributed by atoms with Gasteiger partial charge in [0.2, 0.25) is 5.95 Å². The van der Waals surface area contributed by atoms with Gasteiger partial charge < -0.3 is 0 Å². The predicted molar refractivity (Wildman–Crippen MR) is 228 cm³/mol. The minimum atomic E-state index is 0.626. The summed E-state index contributed by atoms with van der Waals surface area (Å²) in [6, 6.07) is 58.9. The van der Waals surface area contributed by atoms with Crippen LogP contribution in [-0.2, 0) is 0 Å². The van der Waals surface area contributed by atoms with Crippen molar-refractivity contribution >= 4 is 96.7 Å². The lowest BCUT2D eigenvalue weighted by atomic mass is 9.91. The standard InChI is InChI=1S/C49H28N4S/c1-2-13-30-29(11-1)12-7-20-37(30)47-48-40(21-10-28-50-48)51-49(52-47)53-41-22-5-3-14-38(41)45-35-18-8-16-31(33(35)24-26-42(45)53)32-17-9-19-36-34(32)25-27-44-46(36)39-15-4-6-23-43(39)54-44/h1-28H. The minimum Gasteiger partial charge on any atom is -0.278 e. The topological polar surface area (TPSA) is 43.6 Å². The second kappa shape index (κ2) is 11.3. The maximum atomic E-state index is 5.38. The van der Waals surface area contributed by atoms with Gasteiger partial charge in [-0.3, -0.25) is 9.55 Å². The number of benzene rings is 8. The predicted octanol–water partition coefficient (Wildman–Crippen LogP) is 13.3. The molecule has 4 nitrogen and oxygen atoms in total. The summed E-state index contributed by atoms with van der Waals surface area (Å²) in [4.78, 5) is 15.4. The molecule has 250 valence electrons. The van der Waals surface area contributed by atoms with Crippen LogP contribution in [0.25, 0.3) is 114 Å². The molecule has 5 heteroatoms. The summed E-state index contributed by atoms with van der Waals surface area (Å²) in [5.74, 6) is 0.626. The summed E-state index contributed by atoms with van der Waals surface area (Å²) < 4.78 is 4.88. The molecule has 0 radical (unpaired) electrons. The Morgan fingerprint density at radius 2 is 1.07 bits per heavy atom. The lowest BCUT2D eigenvalue weighted by Gasteiger charge is -2.13. The molecule has 0 N–H and O–H groups in total. The highest BCUT2D eigenvalue weighted by molar-refractivity contribution is 7.26. The number of para-hydroxylation sites is 1. The van der Waals surface area contributed by atoms with E-state index < -0.39 is 0 Å². The lowest BCUT2D eigenvalue weighted by Crippen LogP contribution is -2.04. The second-order valence-electron chi connectivity index (χ2n) is 13.9. The maximum absolute atomic E-state index is 5.38. The minimum absolute atomic E-state index is 0.626. The van der Waals surface area contributed by atoms with Crippen LogP contribution in [0.15, 0.2) is 170 Å². The van der Waals surface area contributed by atoms with Gasteiger partial charge in [-0.25, -0.2) is 9.97 Å². The SMILES string of the molecule is c1ccc2c(-c3nc(-n4c5ccccc5c5c6cccc(-c7cccc8c7ccc7sc9ccccc9c78)c6ccc54)nc4cccnc34)cccc2c1. The zero-order valence-electron chi connectivity index (χ0n) is 28.9. The Morgan fingerprint density at radius 1 is 0.407 bits per heavy atom. The van der Waals surface area contributed by atoms with E-state index in [4.69, 9.17) is 15.0 Å². The Labute approximate surface area is 313 Å². The largest absolute Gasteiger partial charge is 0.278 e. The third kappa shape index (κ3) is 4.15. The molecule has 0 spiro atoms. The van der Waals surface area contributed by atoms with Gasteiger partial charge in [-0.15, -0.1) is 11.3 Å². The summed E-state index contributed by atoms with van der Waals surface area (Å²) in [5, 5.41) is 12.3. The van der Waals surface area contributed by atoms with Crippen molar-refractivity contribution in [1.29, 1.82) is 0 Å². The van der Waals surface area contributed by atoms with E-state index in [0.29, 0.717) is 5.95 Å². The zero-order chi connectivity index (χ0) is 35.3. The van der Waals surface area contributed by atoms with E-state index in [0.717, 1.165) is 44.1 Å². The Hall–Kier alpha value is -6.95. The van der Waals surface area contributed by atoms with Gasteiger partial charge in [0, 0.05) is 42.7 Å². The molecule has 0 amide bonds. The molecule has 4 heterocycles. The smallest absolute Gasteiger partial charge is 0.235 e. The molecule has 54 heavy (non-hydrogen) atoms. The van der Waals surface area contributed by atoms with Crippen LogP contribution in [-0.4, -0.2) is 19.5 Å². The molecular weight excluding hydrogens is 677 g/mol. The van der Waals surface area contributed by atoms with Gasteiger partial charge in [0.1, 0.15) is 11.2 Å². The van der Waals surface area contributed by atoms with Gasteiger partial charge in [0.15, 0.2) is 0 Å². The lowest BCUT2D eigenvalue weighted by molar-refractivity contribution is 1.01. The Bertz CT molecular complexity index is 3520. The molecule has 0 unspecified atom stereocenters. The van der Waals surface area contributed by atoms with Crippen molar-refractivity contribution in [2.45, 2.75) is 0 Å². The second-order valence-corrected chi connectivity index (χ2v) is 15.0. The molecule has 12 rings (SSSR count). The van der Waals surface area contributed by atoms with Crippen LogP contribution in [0.5, 0.6) is 0 Å². The van der Waals surface area contributed by atoms with Gasteiger partial charge in [-0.1, -0.05) is 127 Å². The number of aromatic nitrogens is 4. The normalized spacial score (nSPS) is 12.1. The molecule has 0 aliphatic heterocycles. The third-order valence-electron chi connectivity index (χ3n) is 11.1. The van der Waals surface area contributed by atoms with E-state index in [2.05, 4.69) is 156 Å². The third-order valence-corrected chi connectivity index (χ3v) is 12.2. The van der Waals surface area contributed by atoms with Crippen LogP contribution < -0.4 is 0 Å². The molecule has 0 aliphatic rings. The van der Waals surface area contributed by atoms with E-state index in [9.17, 15) is 0 Å². The number of pyridine rings is 1. The molecule has 0 saturated carbocycles. The summed E-state index contributed by atoms with van der Waals surface area (Å²) in [6.07, 6.45) is 1.82. The summed E-state index contributed by atoms with van der Waals surface area (Å²) in [6.45, 7) is 0. The highest BCUT2D eigenvalue weighted by atomic mass is 32.1. The summed E-state index contributed by atoms with van der Waals surface area (Å²) >= 11 is 1.87. The molecule has 0 atom stereocenters. The van der Waals surface area contributed by atoms with Crippen LogP contribution in [0.4, 0.5) is 0 Å². The van der Waals surface area contributed by atoms with Crippen molar-refractivity contribution in [3.8, 4) is 28.3 Å².